The molecule has 1 saturated carbocycles. The van der Waals surface area contributed by atoms with E-state index in [0.29, 0.717) is 6.54 Å². The first-order chi connectivity index (χ1) is 8.58. The first kappa shape index (κ1) is 13.5. The van der Waals surface area contributed by atoms with Crippen LogP contribution in [0.2, 0.25) is 0 Å². The minimum atomic E-state index is -0.226. The van der Waals surface area contributed by atoms with Gasteiger partial charge in [-0.2, -0.15) is 0 Å². The number of thiazole rings is 1. The Balaban J connectivity index is 1.77. The van der Waals surface area contributed by atoms with Gasteiger partial charge in [0, 0.05) is 18.3 Å². The summed E-state index contributed by atoms with van der Waals surface area (Å²) in [7, 11) is 3.95. The lowest BCUT2D eigenvalue weighted by Gasteiger charge is -2.22. The normalized spacial score (nSPS) is 16.9. The van der Waals surface area contributed by atoms with Crippen LogP contribution in [0.5, 0.6) is 0 Å². The van der Waals surface area contributed by atoms with Crippen LogP contribution in [0, 0.1) is 0 Å². The predicted molar refractivity (Wildman–Crippen MR) is 73.9 cm³/mol. The summed E-state index contributed by atoms with van der Waals surface area (Å²) in [5, 5.41) is 6.28. The molecule has 1 heterocycles. The second kappa shape index (κ2) is 5.36. The van der Waals surface area contributed by atoms with Crippen LogP contribution < -0.4 is 5.32 Å². The van der Waals surface area contributed by atoms with Crippen molar-refractivity contribution in [2.45, 2.75) is 38.1 Å². The SMILES string of the molecule is CCc1nc(CCNC(=O)C2(N(C)C)CC2)cs1. The van der Waals surface area contributed by atoms with Gasteiger partial charge in [-0.25, -0.2) is 4.98 Å². The highest BCUT2D eigenvalue weighted by Crippen LogP contribution is 2.40. The maximum Gasteiger partial charge on any atom is 0.240 e. The molecule has 5 heteroatoms. The zero-order valence-electron chi connectivity index (χ0n) is 11.3. The number of aryl methyl sites for hydroxylation is 1. The summed E-state index contributed by atoms with van der Waals surface area (Å²) >= 11 is 1.70. The number of rotatable bonds is 6. The minimum absolute atomic E-state index is 0.165. The van der Waals surface area contributed by atoms with Crippen molar-refractivity contribution in [2.24, 2.45) is 0 Å². The predicted octanol–water partition coefficient (Wildman–Crippen LogP) is 1.46. The molecule has 1 aliphatic carbocycles. The monoisotopic (exact) mass is 267 g/mol. The number of amides is 1. The third-order valence-corrected chi connectivity index (χ3v) is 4.61. The van der Waals surface area contributed by atoms with Crippen molar-refractivity contribution in [1.82, 2.24) is 15.2 Å². The molecule has 1 N–H and O–H groups in total. The van der Waals surface area contributed by atoms with Crippen LogP contribution in [0.25, 0.3) is 0 Å². The fourth-order valence-electron chi connectivity index (χ4n) is 2.09. The van der Waals surface area contributed by atoms with Crippen LogP contribution >= 0.6 is 11.3 Å². The number of hydrogen-bond donors (Lipinski definition) is 1. The minimum Gasteiger partial charge on any atom is -0.354 e. The van der Waals surface area contributed by atoms with E-state index in [4.69, 9.17) is 0 Å². The van der Waals surface area contributed by atoms with Gasteiger partial charge in [0.2, 0.25) is 5.91 Å². The van der Waals surface area contributed by atoms with Crippen molar-refractivity contribution < 1.29 is 4.79 Å². The van der Waals surface area contributed by atoms with Crippen molar-refractivity contribution in [3.63, 3.8) is 0 Å². The van der Waals surface area contributed by atoms with Gasteiger partial charge < -0.3 is 5.32 Å². The second-order valence-corrected chi connectivity index (χ2v) is 5.96. The van der Waals surface area contributed by atoms with Crippen LogP contribution in [0.3, 0.4) is 0 Å². The highest BCUT2D eigenvalue weighted by atomic mass is 32.1. The Morgan fingerprint density at radius 3 is 2.78 bits per heavy atom. The van der Waals surface area contributed by atoms with E-state index in [0.717, 1.165) is 31.4 Å². The van der Waals surface area contributed by atoms with E-state index < -0.39 is 0 Å². The molecule has 1 aliphatic rings. The third-order valence-electron chi connectivity index (χ3n) is 3.57. The van der Waals surface area contributed by atoms with Gasteiger partial charge in [-0.15, -0.1) is 11.3 Å². The maximum absolute atomic E-state index is 12.0. The number of hydrogen-bond acceptors (Lipinski definition) is 4. The molecular formula is C13H21N3OS. The lowest BCUT2D eigenvalue weighted by Crippen LogP contribution is -2.46. The maximum atomic E-state index is 12.0. The highest BCUT2D eigenvalue weighted by Gasteiger charge is 2.51. The number of carbonyl (C=O) groups is 1. The van der Waals surface area contributed by atoms with E-state index in [2.05, 4.69) is 22.6 Å². The fourth-order valence-corrected chi connectivity index (χ4v) is 2.87. The molecule has 0 aliphatic heterocycles. The molecule has 0 bridgehead atoms. The van der Waals surface area contributed by atoms with Crippen molar-refractivity contribution in [3.05, 3.63) is 16.1 Å². The van der Waals surface area contributed by atoms with Gasteiger partial charge in [-0.05, 0) is 33.4 Å². The van der Waals surface area contributed by atoms with Crippen LogP contribution in [0.1, 0.15) is 30.5 Å². The summed E-state index contributed by atoms with van der Waals surface area (Å²) in [6, 6.07) is 0. The van der Waals surface area contributed by atoms with E-state index >= 15 is 0 Å². The average Bonchev–Trinajstić information content (AvgIpc) is 3.04. The molecule has 1 amide bonds. The van der Waals surface area contributed by atoms with Gasteiger partial charge in [0.05, 0.1) is 16.2 Å². The Labute approximate surface area is 112 Å². The van der Waals surface area contributed by atoms with Gasteiger partial charge >= 0.3 is 0 Å². The van der Waals surface area contributed by atoms with Gasteiger partial charge in [0.1, 0.15) is 0 Å². The topological polar surface area (TPSA) is 45.2 Å². The van der Waals surface area contributed by atoms with Gasteiger partial charge in [0.15, 0.2) is 0 Å². The summed E-state index contributed by atoms with van der Waals surface area (Å²) in [4.78, 5) is 18.6. The smallest absolute Gasteiger partial charge is 0.240 e. The van der Waals surface area contributed by atoms with Crippen molar-refractivity contribution in [2.75, 3.05) is 20.6 Å². The molecule has 0 spiro atoms. The van der Waals surface area contributed by atoms with Crippen molar-refractivity contribution in [3.8, 4) is 0 Å². The number of likely N-dealkylation sites (N-methyl/N-ethyl adjacent to an activating group) is 1. The molecule has 18 heavy (non-hydrogen) atoms. The van der Waals surface area contributed by atoms with Gasteiger partial charge in [0.25, 0.3) is 0 Å². The number of nitrogens with zero attached hydrogens (tertiary/aromatic N) is 2. The van der Waals surface area contributed by atoms with Gasteiger partial charge in [-0.1, -0.05) is 6.92 Å². The molecule has 0 radical (unpaired) electrons. The lowest BCUT2D eigenvalue weighted by atomic mass is 10.2. The molecule has 2 rings (SSSR count). The zero-order valence-corrected chi connectivity index (χ0v) is 12.1. The van der Waals surface area contributed by atoms with Crippen LogP contribution in [0.15, 0.2) is 5.38 Å². The average molecular weight is 267 g/mol. The van der Waals surface area contributed by atoms with E-state index in [-0.39, 0.29) is 11.4 Å². The summed E-state index contributed by atoms with van der Waals surface area (Å²) in [6.45, 7) is 2.79. The van der Waals surface area contributed by atoms with Crippen LogP contribution in [-0.2, 0) is 17.6 Å². The Kier molecular flexibility index (Phi) is 4.02. The molecule has 4 nitrogen and oxygen atoms in total. The Bertz CT molecular complexity index is 424. The van der Waals surface area contributed by atoms with E-state index in [1.807, 2.05) is 19.0 Å². The molecule has 100 valence electrons. The summed E-state index contributed by atoms with van der Waals surface area (Å²) in [5.41, 5.74) is 0.864. The summed E-state index contributed by atoms with van der Waals surface area (Å²) in [5.74, 6) is 0.165. The van der Waals surface area contributed by atoms with E-state index in [1.165, 1.54) is 5.01 Å². The molecule has 1 fully saturated rings. The first-order valence-electron chi connectivity index (χ1n) is 6.47. The van der Waals surface area contributed by atoms with Crippen LogP contribution in [0.4, 0.5) is 0 Å². The molecule has 0 aromatic carbocycles. The largest absolute Gasteiger partial charge is 0.354 e. The Morgan fingerprint density at radius 2 is 2.28 bits per heavy atom. The number of aromatic nitrogens is 1. The number of carbonyl (C=O) groups excluding carboxylic acids is 1. The lowest BCUT2D eigenvalue weighted by molar-refractivity contribution is -0.126. The zero-order chi connectivity index (χ0) is 13.2. The highest BCUT2D eigenvalue weighted by molar-refractivity contribution is 7.09. The van der Waals surface area contributed by atoms with E-state index in [9.17, 15) is 4.79 Å². The van der Waals surface area contributed by atoms with Crippen molar-refractivity contribution in [1.29, 1.82) is 0 Å². The Morgan fingerprint density at radius 1 is 1.56 bits per heavy atom. The number of nitrogens with one attached hydrogen (secondary N) is 1. The molecule has 0 atom stereocenters. The standard InChI is InChI=1S/C13H21N3OS/c1-4-11-15-10(9-18-11)5-8-14-12(17)13(6-7-13)16(2)3/h9H,4-8H2,1-3H3,(H,14,17). The molecule has 0 saturated heterocycles. The molecular weight excluding hydrogens is 246 g/mol. The first-order valence-corrected chi connectivity index (χ1v) is 7.35. The third kappa shape index (κ3) is 2.72. The molecule has 1 aromatic heterocycles. The summed E-state index contributed by atoms with van der Waals surface area (Å²) < 4.78 is 0. The second-order valence-electron chi connectivity index (χ2n) is 5.02. The fraction of sp³-hybridized carbons (Fsp3) is 0.692. The van der Waals surface area contributed by atoms with Crippen LogP contribution in [-0.4, -0.2) is 42.0 Å². The quantitative estimate of drug-likeness (QED) is 0.848. The van der Waals surface area contributed by atoms with E-state index in [1.54, 1.807) is 11.3 Å². The Hall–Kier alpha value is -0.940. The van der Waals surface area contributed by atoms with Crippen molar-refractivity contribution >= 4 is 17.2 Å². The van der Waals surface area contributed by atoms with Gasteiger partial charge in [-0.3, -0.25) is 9.69 Å². The molecule has 1 aromatic rings. The summed E-state index contributed by atoms with van der Waals surface area (Å²) in [6.07, 6.45) is 3.76. The molecule has 0 unspecified atom stereocenters.